The second-order valence-corrected chi connectivity index (χ2v) is 4.86. The van der Waals surface area contributed by atoms with Crippen LogP contribution < -0.4 is 5.56 Å². The highest BCUT2D eigenvalue weighted by Gasteiger charge is 2.14. The van der Waals surface area contributed by atoms with E-state index in [-0.39, 0.29) is 11.5 Å². The van der Waals surface area contributed by atoms with Crippen molar-refractivity contribution in [3.8, 4) is 0 Å². The molecule has 2 aromatic heterocycles. The minimum Gasteiger partial charge on any atom is -0.361 e. The Labute approximate surface area is 112 Å². The summed E-state index contributed by atoms with van der Waals surface area (Å²) in [5.74, 6) is 0.978. The molecule has 0 aromatic carbocycles. The Morgan fingerprint density at radius 3 is 2.74 bits per heavy atom. The van der Waals surface area contributed by atoms with Gasteiger partial charge in [0.2, 0.25) is 0 Å². The van der Waals surface area contributed by atoms with Gasteiger partial charge in [-0.25, -0.2) is 4.68 Å². The van der Waals surface area contributed by atoms with Crippen molar-refractivity contribution in [1.82, 2.24) is 14.9 Å². The Morgan fingerprint density at radius 1 is 1.42 bits per heavy atom. The zero-order valence-corrected chi connectivity index (χ0v) is 11.8. The average Bonchev–Trinajstić information content (AvgIpc) is 2.72. The van der Waals surface area contributed by atoms with Crippen LogP contribution >= 0.6 is 0 Å². The van der Waals surface area contributed by atoms with Crippen LogP contribution in [0, 0.1) is 13.8 Å². The van der Waals surface area contributed by atoms with E-state index in [9.17, 15) is 4.79 Å². The summed E-state index contributed by atoms with van der Waals surface area (Å²) < 4.78 is 6.59. The van der Waals surface area contributed by atoms with E-state index in [1.54, 1.807) is 12.3 Å². The highest BCUT2D eigenvalue weighted by atomic mass is 16.5. The van der Waals surface area contributed by atoms with Crippen LogP contribution in [0.3, 0.4) is 0 Å². The second kappa shape index (κ2) is 5.38. The van der Waals surface area contributed by atoms with Crippen LogP contribution in [-0.2, 0) is 6.54 Å². The summed E-state index contributed by atoms with van der Waals surface area (Å²) in [7, 11) is 0. The topological polar surface area (TPSA) is 60.9 Å². The Kier molecular flexibility index (Phi) is 3.83. The average molecular weight is 261 g/mol. The quantitative estimate of drug-likeness (QED) is 0.848. The predicted molar refractivity (Wildman–Crippen MR) is 72.3 cm³/mol. The molecule has 0 saturated carbocycles. The molecular formula is C14H19N3O2. The van der Waals surface area contributed by atoms with Crippen LogP contribution in [0.15, 0.2) is 21.6 Å². The monoisotopic (exact) mass is 261 g/mol. The molecule has 2 rings (SSSR count). The van der Waals surface area contributed by atoms with Gasteiger partial charge in [0.25, 0.3) is 5.56 Å². The summed E-state index contributed by atoms with van der Waals surface area (Å²) in [6, 6.07) is 1.81. The molecule has 0 aliphatic heterocycles. The van der Waals surface area contributed by atoms with Crippen molar-refractivity contribution >= 4 is 0 Å². The van der Waals surface area contributed by atoms with Gasteiger partial charge in [0.05, 0.1) is 12.2 Å². The maximum atomic E-state index is 12.4. The molecular weight excluding hydrogens is 242 g/mol. The molecule has 5 heteroatoms. The van der Waals surface area contributed by atoms with E-state index in [0.29, 0.717) is 6.54 Å². The molecule has 0 spiro atoms. The van der Waals surface area contributed by atoms with E-state index in [4.69, 9.17) is 4.52 Å². The fourth-order valence-corrected chi connectivity index (χ4v) is 2.05. The molecule has 0 N–H and O–H groups in total. The first-order valence-electron chi connectivity index (χ1n) is 6.52. The van der Waals surface area contributed by atoms with Crippen LogP contribution in [-0.4, -0.2) is 14.9 Å². The third-order valence-corrected chi connectivity index (χ3v) is 3.57. The minimum absolute atomic E-state index is 0.0307. The summed E-state index contributed by atoms with van der Waals surface area (Å²) in [5.41, 5.74) is 2.51. The van der Waals surface area contributed by atoms with Crippen molar-refractivity contribution in [2.24, 2.45) is 0 Å². The zero-order valence-electron chi connectivity index (χ0n) is 11.8. The zero-order chi connectivity index (χ0) is 14.0. The lowest BCUT2D eigenvalue weighted by atomic mass is 10.0. The minimum atomic E-state index is -0.0307. The molecule has 1 atom stereocenters. The smallest absolute Gasteiger partial charge is 0.270 e. The van der Waals surface area contributed by atoms with Gasteiger partial charge < -0.3 is 4.52 Å². The largest absolute Gasteiger partial charge is 0.361 e. The normalized spacial score (nSPS) is 12.6. The molecule has 102 valence electrons. The van der Waals surface area contributed by atoms with E-state index in [1.165, 1.54) is 4.68 Å². The van der Waals surface area contributed by atoms with Crippen molar-refractivity contribution < 1.29 is 4.52 Å². The molecule has 0 aliphatic carbocycles. The predicted octanol–water partition coefficient (Wildman–Crippen LogP) is 2.41. The Morgan fingerprint density at radius 2 is 2.16 bits per heavy atom. The van der Waals surface area contributed by atoms with Crippen LogP contribution in [0.4, 0.5) is 0 Å². The van der Waals surface area contributed by atoms with Gasteiger partial charge in [-0.15, -0.1) is 0 Å². The number of hydrogen-bond donors (Lipinski definition) is 0. The highest BCUT2D eigenvalue weighted by molar-refractivity contribution is 5.21. The SMILES string of the molecule is CCC(C)c1ccnn(Cc2c(C)noc2C)c1=O. The van der Waals surface area contributed by atoms with E-state index in [0.717, 1.165) is 29.0 Å². The molecule has 0 fully saturated rings. The standard InChI is InChI=1S/C14H19N3O2/c1-5-9(2)12-6-7-15-17(14(12)18)8-13-10(3)16-19-11(13)4/h6-7,9H,5,8H2,1-4H3. The number of rotatable bonds is 4. The molecule has 2 aromatic rings. The molecule has 0 bridgehead atoms. The summed E-state index contributed by atoms with van der Waals surface area (Å²) in [4.78, 5) is 12.4. The lowest BCUT2D eigenvalue weighted by Crippen LogP contribution is -2.27. The van der Waals surface area contributed by atoms with Crippen molar-refractivity contribution in [2.75, 3.05) is 0 Å². The molecule has 2 heterocycles. The van der Waals surface area contributed by atoms with E-state index in [1.807, 2.05) is 13.8 Å². The van der Waals surface area contributed by atoms with Crippen molar-refractivity contribution in [3.63, 3.8) is 0 Å². The summed E-state index contributed by atoms with van der Waals surface area (Å²) in [6.07, 6.45) is 2.62. The first-order valence-corrected chi connectivity index (χ1v) is 6.52. The maximum Gasteiger partial charge on any atom is 0.270 e. The van der Waals surface area contributed by atoms with Gasteiger partial charge in [0.15, 0.2) is 0 Å². The maximum absolute atomic E-state index is 12.4. The van der Waals surface area contributed by atoms with Gasteiger partial charge in [-0.1, -0.05) is 19.0 Å². The molecule has 1 unspecified atom stereocenters. The first-order chi connectivity index (χ1) is 9.04. The number of nitrogens with zero attached hydrogens (tertiary/aromatic N) is 3. The van der Waals surface area contributed by atoms with Gasteiger partial charge in [0, 0.05) is 17.3 Å². The Bertz CT molecular complexity index is 608. The van der Waals surface area contributed by atoms with Crippen LogP contribution in [0.25, 0.3) is 0 Å². The van der Waals surface area contributed by atoms with Crippen LogP contribution in [0.2, 0.25) is 0 Å². The molecule has 19 heavy (non-hydrogen) atoms. The Balaban J connectivity index is 2.39. The second-order valence-electron chi connectivity index (χ2n) is 4.86. The number of aromatic nitrogens is 3. The van der Waals surface area contributed by atoms with Gasteiger partial charge in [-0.3, -0.25) is 4.79 Å². The number of aryl methyl sites for hydroxylation is 2. The van der Waals surface area contributed by atoms with E-state index < -0.39 is 0 Å². The molecule has 0 saturated heterocycles. The van der Waals surface area contributed by atoms with Gasteiger partial charge in [-0.2, -0.15) is 5.10 Å². The lowest BCUT2D eigenvalue weighted by molar-refractivity contribution is 0.391. The fraction of sp³-hybridized carbons (Fsp3) is 0.500. The summed E-state index contributed by atoms with van der Waals surface area (Å²) >= 11 is 0. The van der Waals surface area contributed by atoms with Gasteiger partial charge in [0.1, 0.15) is 5.76 Å². The van der Waals surface area contributed by atoms with Crippen LogP contribution in [0.1, 0.15) is 48.8 Å². The molecule has 5 nitrogen and oxygen atoms in total. The first kappa shape index (κ1) is 13.5. The lowest BCUT2D eigenvalue weighted by Gasteiger charge is -2.10. The van der Waals surface area contributed by atoms with Crippen molar-refractivity contribution in [3.05, 3.63) is 45.2 Å². The third-order valence-electron chi connectivity index (χ3n) is 3.57. The van der Waals surface area contributed by atoms with Crippen LogP contribution in [0.5, 0.6) is 0 Å². The molecule has 0 radical (unpaired) electrons. The van der Waals surface area contributed by atoms with Gasteiger partial charge >= 0.3 is 0 Å². The Hall–Kier alpha value is -1.91. The van der Waals surface area contributed by atoms with E-state index >= 15 is 0 Å². The molecule has 0 aliphatic rings. The highest BCUT2D eigenvalue weighted by Crippen LogP contribution is 2.15. The fourth-order valence-electron chi connectivity index (χ4n) is 2.05. The molecule has 0 amide bonds. The van der Waals surface area contributed by atoms with Gasteiger partial charge in [-0.05, 0) is 32.3 Å². The number of hydrogen-bond acceptors (Lipinski definition) is 4. The van der Waals surface area contributed by atoms with Crippen molar-refractivity contribution in [2.45, 2.75) is 46.6 Å². The third kappa shape index (κ3) is 2.59. The van der Waals surface area contributed by atoms with Crippen molar-refractivity contribution in [1.29, 1.82) is 0 Å². The summed E-state index contributed by atoms with van der Waals surface area (Å²) in [5, 5.41) is 8.04. The summed E-state index contributed by atoms with van der Waals surface area (Å²) in [6.45, 7) is 8.25. The van der Waals surface area contributed by atoms with E-state index in [2.05, 4.69) is 24.1 Å².